The predicted molar refractivity (Wildman–Crippen MR) is 278 cm³/mol. The van der Waals surface area contributed by atoms with Crippen LogP contribution in [0.1, 0.15) is 45.1 Å². The first-order valence-corrected chi connectivity index (χ1v) is 28.3. The molecule has 4 aliphatic rings. The van der Waals surface area contributed by atoms with Gasteiger partial charge in [0.15, 0.2) is 8.07 Å². The van der Waals surface area contributed by atoms with E-state index >= 15 is 0 Å². The molecular formula is C59H50BNOSi2. The number of anilines is 2. The average molecular weight is 856 g/mol. The van der Waals surface area contributed by atoms with Crippen molar-refractivity contribution in [3.63, 3.8) is 0 Å². The molecule has 0 amide bonds. The fraction of sp³-hybridized carbons (Fsp3) is 0.153. The topological polar surface area (TPSA) is 16.4 Å². The van der Waals surface area contributed by atoms with E-state index in [2.05, 4.69) is 214 Å². The Morgan fingerprint density at radius 3 is 2.06 bits per heavy atom. The van der Waals surface area contributed by atoms with Gasteiger partial charge in [-0.2, -0.15) is 0 Å². The van der Waals surface area contributed by atoms with E-state index in [0.29, 0.717) is 0 Å². The third-order valence-corrected chi connectivity index (χ3v) is 24.4. The molecule has 5 heteroatoms. The third-order valence-electron chi connectivity index (χ3n) is 15.9. The lowest BCUT2D eigenvalue weighted by atomic mass is 9.36. The summed E-state index contributed by atoms with van der Waals surface area (Å²) in [6.07, 6.45) is 4.81. The van der Waals surface area contributed by atoms with Gasteiger partial charge in [-0.05, 0) is 87.4 Å². The molecule has 0 bridgehead atoms. The van der Waals surface area contributed by atoms with Crippen LogP contribution in [-0.4, -0.2) is 22.9 Å². The maximum atomic E-state index is 6.74. The summed E-state index contributed by atoms with van der Waals surface area (Å²) < 4.78 is 6.74. The monoisotopic (exact) mass is 855 g/mol. The van der Waals surface area contributed by atoms with Crippen LogP contribution in [0.15, 0.2) is 198 Å². The van der Waals surface area contributed by atoms with E-state index in [4.69, 9.17) is 4.42 Å². The van der Waals surface area contributed by atoms with Gasteiger partial charge in [0.2, 0.25) is 6.71 Å². The normalized spacial score (nSPS) is 17.4. The van der Waals surface area contributed by atoms with E-state index in [-0.39, 0.29) is 12.1 Å². The average Bonchev–Trinajstić information content (AvgIpc) is 3.73. The van der Waals surface area contributed by atoms with Gasteiger partial charge in [0.25, 0.3) is 0 Å². The molecule has 0 saturated heterocycles. The fourth-order valence-corrected chi connectivity index (χ4v) is 21.7. The highest BCUT2D eigenvalue weighted by atomic mass is 28.3. The highest BCUT2D eigenvalue weighted by Gasteiger charge is 2.54. The summed E-state index contributed by atoms with van der Waals surface area (Å²) in [7, 11) is -5.15. The molecule has 4 heterocycles. The van der Waals surface area contributed by atoms with Gasteiger partial charge in [0.1, 0.15) is 19.2 Å². The first-order valence-electron chi connectivity index (χ1n) is 23.3. The number of hydrogen-bond acceptors (Lipinski definition) is 2. The molecule has 8 aromatic carbocycles. The lowest BCUT2D eigenvalue weighted by Crippen LogP contribution is -2.91. The molecule has 0 radical (unpaired) electrons. The summed E-state index contributed by atoms with van der Waals surface area (Å²) in [5, 5.41) is 11.4. The molecule has 2 nitrogen and oxygen atoms in total. The van der Waals surface area contributed by atoms with E-state index in [9.17, 15) is 0 Å². The third kappa shape index (κ3) is 5.08. The molecule has 0 unspecified atom stereocenters. The quantitative estimate of drug-likeness (QED) is 0.165. The Labute approximate surface area is 379 Å². The maximum absolute atomic E-state index is 6.74. The fourth-order valence-electron chi connectivity index (χ4n) is 13.1. The smallest absolute Gasteiger partial charge is 0.240 e. The van der Waals surface area contributed by atoms with Gasteiger partial charge in [0.05, 0.1) is 0 Å². The summed E-state index contributed by atoms with van der Waals surface area (Å²) in [6, 6.07) is 70.1. The Kier molecular flexibility index (Phi) is 8.21. The van der Waals surface area contributed by atoms with Crippen LogP contribution in [0.3, 0.4) is 0 Å². The van der Waals surface area contributed by atoms with Crippen LogP contribution in [0.4, 0.5) is 11.4 Å². The Morgan fingerprint density at radius 1 is 0.562 bits per heavy atom. The van der Waals surface area contributed by atoms with Crippen molar-refractivity contribution in [3.8, 4) is 11.1 Å². The van der Waals surface area contributed by atoms with Crippen molar-refractivity contribution in [1.82, 2.24) is 0 Å². The Bertz CT molecular complexity index is 3380. The zero-order valence-electron chi connectivity index (χ0n) is 37.1. The zero-order chi connectivity index (χ0) is 43.0. The van der Waals surface area contributed by atoms with E-state index < -0.39 is 16.1 Å². The van der Waals surface area contributed by atoms with Crippen LogP contribution >= 0.6 is 0 Å². The number of furan rings is 1. The number of para-hydroxylation sites is 3. The number of fused-ring (bicyclic) bond motifs is 8. The molecular weight excluding hydrogens is 806 g/mol. The summed E-state index contributed by atoms with van der Waals surface area (Å²) in [6.45, 7) is 10.3. The van der Waals surface area contributed by atoms with Crippen molar-refractivity contribution in [2.45, 2.75) is 58.0 Å². The Hall–Kier alpha value is -6.40. The van der Waals surface area contributed by atoms with Crippen LogP contribution < -0.4 is 52.4 Å². The number of nitrogens with zero attached hydrogens (tertiary/aromatic N) is 1. The lowest BCUT2D eigenvalue weighted by molar-refractivity contribution is 0.517. The summed E-state index contributed by atoms with van der Waals surface area (Å²) in [5.74, 6) is 0. The molecule has 0 N–H and O–H groups in total. The van der Waals surface area contributed by atoms with Crippen molar-refractivity contribution >= 4 is 104 Å². The lowest BCUT2D eigenvalue weighted by Gasteiger charge is -2.49. The van der Waals surface area contributed by atoms with Crippen LogP contribution in [0, 0.1) is 0 Å². The van der Waals surface area contributed by atoms with Crippen LogP contribution in [0.5, 0.6) is 0 Å². The minimum atomic E-state index is -2.85. The molecule has 1 aliphatic carbocycles. The van der Waals surface area contributed by atoms with Crippen LogP contribution in [-0.2, 0) is 5.41 Å². The summed E-state index contributed by atoms with van der Waals surface area (Å²) >= 11 is 0. The SMILES string of the molecule is CC1(C)C2=C(CCCC2)N(c2ccc3c(c2)[Si](C)(C)c2cccc4c2B3c2cc(-c3cccc5c3oc3ccccc35)ccc2[Si]4(c2ccccc2)c2ccccc2)c2ccccc21. The number of hydrogen-bond donors (Lipinski definition) is 0. The number of benzene rings is 8. The molecule has 308 valence electrons. The van der Waals surface area contributed by atoms with E-state index in [1.54, 1.807) is 26.6 Å². The van der Waals surface area contributed by atoms with Crippen LogP contribution in [0.25, 0.3) is 33.1 Å². The molecule has 3 aliphatic heterocycles. The van der Waals surface area contributed by atoms with Gasteiger partial charge < -0.3 is 9.32 Å². The summed E-state index contributed by atoms with van der Waals surface area (Å²) in [5.41, 5.74) is 16.0. The molecule has 0 spiro atoms. The molecule has 13 rings (SSSR count). The van der Waals surface area contributed by atoms with Crippen molar-refractivity contribution in [2.24, 2.45) is 0 Å². The minimum absolute atomic E-state index is 0.0184. The van der Waals surface area contributed by atoms with E-state index in [0.717, 1.165) is 33.9 Å². The largest absolute Gasteiger partial charge is 0.455 e. The molecule has 9 aromatic rings. The van der Waals surface area contributed by atoms with Crippen molar-refractivity contribution in [3.05, 3.63) is 199 Å². The molecule has 0 fully saturated rings. The minimum Gasteiger partial charge on any atom is -0.455 e. The second-order valence-electron chi connectivity index (χ2n) is 19.8. The zero-order valence-corrected chi connectivity index (χ0v) is 39.1. The maximum Gasteiger partial charge on any atom is 0.240 e. The summed E-state index contributed by atoms with van der Waals surface area (Å²) in [4.78, 5) is 2.68. The van der Waals surface area contributed by atoms with Crippen molar-refractivity contribution in [2.75, 3.05) is 4.90 Å². The highest BCUT2D eigenvalue weighted by molar-refractivity contribution is 7.28. The van der Waals surface area contributed by atoms with Crippen molar-refractivity contribution in [1.29, 1.82) is 0 Å². The number of allylic oxidation sites excluding steroid dienone is 2. The first kappa shape index (κ1) is 38.1. The number of rotatable bonds is 4. The van der Waals surface area contributed by atoms with Crippen LogP contribution in [0.2, 0.25) is 13.1 Å². The van der Waals surface area contributed by atoms with Crippen molar-refractivity contribution < 1.29 is 4.42 Å². The predicted octanol–water partition coefficient (Wildman–Crippen LogP) is 8.85. The molecule has 64 heavy (non-hydrogen) atoms. The van der Waals surface area contributed by atoms with Gasteiger partial charge in [-0.15, -0.1) is 0 Å². The van der Waals surface area contributed by atoms with Gasteiger partial charge in [0, 0.05) is 38.8 Å². The molecule has 0 atom stereocenters. The van der Waals surface area contributed by atoms with Gasteiger partial charge in [-0.1, -0.05) is 211 Å². The van der Waals surface area contributed by atoms with E-state index in [1.807, 2.05) is 0 Å². The second kappa shape index (κ2) is 13.8. The van der Waals surface area contributed by atoms with Gasteiger partial charge >= 0.3 is 0 Å². The molecule has 0 saturated carbocycles. The van der Waals surface area contributed by atoms with Gasteiger partial charge in [-0.3, -0.25) is 0 Å². The Morgan fingerprint density at radius 2 is 1.25 bits per heavy atom. The van der Waals surface area contributed by atoms with Gasteiger partial charge in [-0.25, -0.2) is 0 Å². The standard InChI is InChI=1S/C59H50BNOSi2/c1-59(2)46-26-12-14-28-50(46)61(51-29-15-13-27-47(51)59)40-34-35-48-56(38-40)63(3,4)54-31-18-32-55-57(54)60(48)49-37-39(43-24-17-25-45-44-23-11-16-30-52(44)62-58(43)45)33-36-53(49)64(55,41-19-7-5-8-20-41)42-21-9-6-10-22-42/h5-12,14,16-26,28,30-38H,13,15,27,29H2,1-4H3. The Balaban J connectivity index is 1.10. The van der Waals surface area contributed by atoms with E-state index in [1.165, 1.54) is 73.9 Å². The second-order valence-corrected chi connectivity index (χ2v) is 27.8. The molecule has 1 aromatic heterocycles. The highest BCUT2D eigenvalue weighted by Crippen LogP contribution is 2.52. The first-order chi connectivity index (χ1) is 31.3.